The standard InChI is InChI=1S/C30H28.C16H18.C13H16/c1-4-21-16-17-26-27(20-21)30(2,3)29-25(23-14-10-7-11-15-23)19-18-24(28(26)29)22-12-8-5-6-9-13-22;1-11-8-9-13-12-6-4-5-7-14(12)16(2,3)15(13)10-11;1-11-7-5-6-10-13(11)12-8-3-2-4-9-12/h5-8,10-20H,4,9H2,1-3H3;6-10H,4-5H2,1-3H3;3,5-8,10,12H,2,4,9H2,1H3. The van der Waals surface area contributed by atoms with Crippen molar-refractivity contribution in [1.29, 1.82) is 0 Å². The molecule has 0 N–H and O–H groups in total. The third kappa shape index (κ3) is 7.88. The summed E-state index contributed by atoms with van der Waals surface area (Å²) in [6, 6.07) is 38.2. The topological polar surface area (TPSA) is 0 Å². The van der Waals surface area contributed by atoms with E-state index in [1.807, 2.05) is 0 Å². The Kier molecular flexibility index (Phi) is 11.6. The monoisotopic (exact) mass is 770 g/mol. The van der Waals surface area contributed by atoms with Gasteiger partial charge in [-0.25, -0.2) is 0 Å². The van der Waals surface area contributed by atoms with Gasteiger partial charge >= 0.3 is 0 Å². The molecule has 0 saturated carbocycles. The average Bonchev–Trinajstić information content (AvgIpc) is 3.45. The second-order valence-electron chi connectivity index (χ2n) is 18.1. The molecule has 10 rings (SSSR count). The summed E-state index contributed by atoms with van der Waals surface area (Å²) in [7, 11) is 0. The Labute approximate surface area is 355 Å². The normalized spacial score (nSPS) is 18.6. The second-order valence-corrected chi connectivity index (χ2v) is 18.1. The lowest BCUT2D eigenvalue weighted by Crippen LogP contribution is -2.16. The molecule has 0 heterocycles. The smallest absolute Gasteiger partial charge is 0.0165 e. The number of allylic oxidation sites excluding steroid dienone is 12. The van der Waals surface area contributed by atoms with Crippen molar-refractivity contribution in [1.82, 2.24) is 0 Å². The van der Waals surface area contributed by atoms with Gasteiger partial charge in [-0.15, -0.1) is 0 Å². The SMILES string of the molecule is CCc1ccc2c(c1)C(C)(C)c1c(-c3ccccc3)ccc(C3=CCC=CC=C3)c1-2.Cc1ccc2c(c1)C(C)(C)C1=CCCC=C12.Cc1ccccc1C1C=CCCC1. The largest absolute Gasteiger partial charge is 0.0879 e. The van der Waals surface area contributed by atoms with Gasteiger partial charge in [-0.1, -0.05) is 198 Å². The fourth-order valence-corrected chi connectivity index (χ4v) is 10.2. The van der Waals surface area contributed by atoms with Gasteiger partial charge in [0, 0.05) is 16.7 Å². The highest BCUT2D eigenvalue weighted by molar-refractivity contribution is 5.97. The zero-order chi connectivity index (χ0) is 41.1. The lowest BCUT2D eigenvalue weighted by Gasteiger charge is -2.25. The van der Waals surface area contributed by atoms with E-state index >= 15 is 0 Å². The van der Waals surface area contributed by atoms with Crippen molar-refractivity contribution >= 4 is 11.1 Å². The Morgan fingerprint density at radius 2 is 1.36 bits per heavy atom. The first-order valence-corrected chi connectivity index (χ1v) is 22.2. The molecule has 5 aliphatic carbocycles. The predicted molar refractivity (Wildman–Crippen MR) is 256 cm³/mol. The predicted octanol–water partition coefficient (Wildman–Crippen LogP) is 16.3. The van der Waals surface area contributed by atoms with E-state index in [4.69, 9.17) is 0 Å². The number of hydrogen-bond donors (Lipinski definition) is 0. The summed E-state index contributed by atoms with van der Waals surface area (Å²) >= 11 is 0. The Bertz CT molecular complexity index is 2540. The van der Waals surface area contributed by atoms with Crippen LogP contribution in [0.5, 0.6) is 0 Å². The van der Waals surface area contributed by atoms with Crippen molar-refractivity contribution < 1.29 is 0 Å². The minimum absolute atomic E-state index is 0.0374. The molecule has 5 aliphatic rings. The van der Waals surface area contributed by atoms with Gasteiger partial charge in [0.2, 0.25) is 0 Å². The molecule has 5 aromatic carbocycles. The van der Waals surface area contributed by atoms with E-state index in [1.165, 1.54) is 116 Å². The molecule has 0 spiro atoms. The van der Waals surface area contributed by atoms with Crippen LogP contribution in [-0.2, 0) is 17.3 Å². The molecule has 59 heavy (non-hydrogen) atoms. The highest BCUT2D eigenvalue weighted by Gasteiger charge is 2.40. The lowest BCUT2D eigenvalue weighted by molar-refractivity contribution is 0.652. The summed E-state index contributed by atoms with van der Waals surface area (Å²) in [5.74, 6) is 0.676. The fourth-order valence-electron chi connectivity index (χ4n) is 10.2. The molecule has 0 amide bonds. The molecule has 5 aromatic rings. The van der Waals surface area contributed by atoms with Crippen molar-refractivity contribution in [2.45, 2.75) is 110 Å². The van der Waals surface area contributed by atoms with Crippen LogP contribution in [0.2, 0.25) is 0 Å². The fraction of sp³-hybridized carbons (Fsp3) is 0.288. The third-order valence-electron chi connectivity index (χ3n) is 13.5. The van der Waals surface area contributed by atoms with E-state index in [2.05, 4.69) is 206 Å². The van der Waals surface area contributed by atoms with Gasteiger partial charge in [-0.2, -0.15) is 0 Å². The van der Waals surface area contributed by atoms with Crippen molar-refractivity contribution in [3.63, 3.8) is 0 Å². The highest BCUT2D eigenvalue weighted by Crippen LogP contribution is 2.55. The summed E-state index contributed by atoms with van der Waals surface area (Å²) in [5, 5.41) is 0. The van der Waals surface area contributed by atoms with Gasteiger partial charge in [-0.3, -0.25) is 0 Å². The lowest BCUT2D eigenvalue weighted by atomic mass is 9.77. The van der Waals surface area contributed by atoms with Crippen molar-refractivity contribution in [3.8, 4) is 22.3 Å². The number of hydrogen-bond acceptors (Lipinski definition) is 0. The van der Waals surface area contributed by atoms with Crippen LogP contribution in [0, 0.1) is 13.8 Å². The summed E-state index contributed by atoms with van der Waals surface area (Å²) in [6.45, 7) is 16.1. The van der Waals surface area contributed by atoms with E-state index in [0.29, 0.717) is 5.92 Å². The van der Waals surface area contributed by atoms with Crippen LogP contribution in [0.15, 0.2) is 163 Å². The maximum atomic E-state index is 2.44. The maximum Gasteiger partial charge on any atom is 0.0165 e. The summed E-state index contributed by atoms with van der Waals surface area (Å²) in [4.78, 5) is 0. The Balaban J connectivity index is 0.000000139. The van der Waals surface area contributed by atoms with Gasteiger partial charge in [0.15, 0.2) is 0 Å². The minimum Gasteiger partial charge on any atom is -0.0879 e. The molecule has 298 valence electrons. The van der Waals surface area contributed by atoms with Crippen molar-refractivity contribution in [2.24, 2.45) is 0 Å². The molecular weight excluding hydrogens is 709 g/mol. The minimum atomic E-state index is -0.0374. The van der Waals surface area contributed by atoms with Gasteiger partial charge in [0.25, 0.3) is 0 Å². The van der Waals surface area contributed by atoms with Crippen LogP contribution in [0.4, 0.5) is 0 Å². The molecule has 0 heteroatoms. The van der Waals surface area contributed by atoms with Gasteiger partial charge in [0.05, 0.1) is 0 Å². The molecule has 0 aliphatic heterocycles. The quantitative estimate of drug-likeness (QED) is 0.160. The molecule has 0 radical (unpaired) electrons. The Morgan fingerprint density at radius 3 is 2.14 bits per heavy atom. The van der Waals surface area contributed by atoms with E-state index in [1.54, 1.807) is 5.57 Å². The summed E-state index contributed by atoms with van der Waals surface area (Å²) < 4.78 is 0. The van der Waals surface area contributed by atoms with Gasteiger partial charge in [-0.05, 0) is 142 Å². The van der Waals surface area contributed by atoms with Crippen molar-refractivity contribution in [2.75, 3.05) is 0 Å². The zero-order valence-electron chi connectivity index (χ0n) is 36.5. The van der Waals surface area contributed by atoms with Crippen LogP contribution < -0.4 is 0 Å². The first kappa shape index (κ1) is 40.3. The van der Waals surface area contributed by atoms with E-state index in [0.717, 1.165) is 12.8 Å². The van der Waals surface area contributed by atoms with E-state index in [-0.39, 0.29) is 10.8 Å². The number of rotatable bonds is 4. The third-order valence-corrected chi connectivity index (χ3v) is 13.5. The highest BCUT2D eigenvalue weighted by atomic mass is 14.4. The van der Waals surface area contributed by atoms with Crippen LogP contribution in [0.1, 0.15) is 129 Å². The molecule has 0 fully saturated rings. The van der Waals surface area contributed by atoms with Crippen LogP contribution in [0.3, 0.4) is 0 Å². The van der Waals surface area contributed by atoms with Crippen LogP contribution in [0.25, 0.3) is 33.4 Å². The second kappa shape index (κ2) is 17.0. The zero-order valence-corrected chi connectivity index (χ0v) is 36.5. The molecule has 1 unspecified atom stereocenters. The summed E-state index contributed by atoms with van der Waals surface area (Å²) in [5.41, 5.74) is 22.9. The maximum absolute atomic E-state index is 2.44. The Morgan fingerprint density at radius 1 is 0.627 bits per heavy atom. The first-order valence-electron chi connectivity index (χ1n) is 22.2. The molecule has 1 atom stereocenters. The van der Waals surface area contributed by atoms with E-state index in [9.17, 15) is 0 Å². The van der Waals surface area contributed by atoms with Gasteiger partial charge in [0.1, 0.15) is 0 Å². The number of fused-ring (bicyclic) bond motifs is 6. The average molecular weight is 771 g/mol. The van der Waals surface area contributed by atoms with Crippen LogP contribution in [-0.4, -0.2) is 0 Å². The number of benzene rings is 5. The molecule has 0 saturated heterocycles. The summed E-state index contributed by atoms with van der Waals surface area (Å²) in [6.07, 6.45) is 29.0. The molecule has 0 aromatic heterocycles. The number of aryl methyl sites for hydroxylation is 3. The van der Waals surface area contributed by atoms with E-state index < -0.39 is 0 Å². The molecular formula is C59H62. The van der Waals surface area contributed by atoms with Crippen LogP contribution >= 0.6 is 0 Å². The molecule has 0 nitrogen and oxygen atoms in total. The first-order chi connectivity index (χ1) is 28.6. The Hall–Kier alpha value is -5.46. The molecule has 0 bridgehead atoms. The van der Waals surface area contributed by atoms with Gasteiger partial charge < -0.3 is 0 Å². The van der Waals surface area contributed by atoms with Crippen molar-refractivity contribution in [3.05, 3.63) is 213 Å².